The summed E-state index contributed by atoms with van der Waals surface area (Å²) in [7, 11) is 3.88. The summed E-state index contributed by atoms with van der Waals surface area (Å²) in [6.45, 7) is 4.85. The highest BCUT2D eigenvalue weighted by atomic mass is 16.5. The first-order valence-electron chi connectivity index (χ1n) is 11.5. The van der Waals surface area contributed by atoms with E-state index in [2.05, 4.69) is 65.6 Å². The fourth-order valence-corrected chi connectivity index (χ4v) is 5.05. The maximum atomic E-state index is 6.25. The van der Waals surface area contributed by atoms with Crippen LogP contribution in [0.15, 0.2) is 72.0 Å². The SMILES string of the molecule is COC1=C2OCC/C=C/CN(C)CC3C=CC=C(Nc4nccc(n4)C4(C=C1)CC24)C3C.[HH]. The van der Waals surface area contributed by atoms with Gasteiger partial charge in [-0.1, -0.05) is 37.3 Å². The van der Waals surface area contributed by atoms with Crippen molar-refractivity contribution in [3.63, 3.8) is 0 Å². The van der Waals surface area contributed by atoms with Gasteiger partial charge in [0.05, 0.1) is 19.4 Å². The van der Waals surface area contributed by atoms with Crippen molar-refractivity contribution in [1.29, 1.82) is 0 Å². The predicted octanol–water partition coefficient (Wildman–Crippen LogP) is 4.43. The van der Waals surface area contributed by atoms with Crippen LogP contribution in [0.5, 0.6) is 0 Å². The van der Waals surface area contributed by atoms with Crippen LogP contribution in [0.4, 0.5) is 5.95 Å². The zero-order valence-corrected chi connectivity index (χ0v) is 19.1. The Bertz CT molecular complexity index is 1030. The van der Waals surface area contributed by atoms with Crippen LogP contribution < -0.4 is 5.32 Å². The number of ether oxygens (including phenoxy) is 2. The van der Waals surface area contributed by atoms with Crippen LogP contribution in [0.3, 0.4) is 0 Å². The molecule has 0 saturated heterocycles. The van der Waals surface area contributed by atoms with Gasteiger partial charge in [-0.2, -0.15) is 0 Å². The average Bonchev–Trinajstić information content (AvgIpc) is 3.55. The molecule has 0 amide bonds. The second-order valence-corrected chi connectivity index (χ2v) is 9.24. The number of anilines is 1. The van der Waals surface area contributed by atoms with Crippen LogP contribution in [0.1, 0.15) is 26.9 Å². The monoisotopic (exact) mass is 434 g/mol. The maximum absolute atomic E-state index is 6.25. The van der Waals surface area contributed by atoms with Gasteiger partial charge in [-0.15, -0.1) is 0 Å². The lowest BCUT2D eigenvalue weighted by Crippen LogP contribution is -2.31. The summed E-state index contributed by atoms with van der Waals surface area (Å²) in [4.78, 5) is 11.8. The van der Waals surface area contributed by atoms with E-state index in [4.69, 9.17) is 14.5 Å². The molecule has 1 aromatic rings. The minimum atomic E-state index is -0.129. The van der Waals surface area contributed by atoms with Gasteiger partial charge in [-0.3, -0.25) is 0 Å². The van der Waals surface area contributed by atoms with Crippen LogP contribution in [-0.4, -0.2) is 48.7 Å². The van der Waals surface area contributed by atoms with Gasteiger partial charge < -0.3 is 19.7 Å². The Labute approximate surface area is 191 Å². The number of hydrogen-bond acceptors (Lipinski definition) is 6. The van der Waals surface area contributed by atoms with E-state index in [9.17, 15) is 0 Å². The minimum Gasteiger partial charge on any atom is -0.493 e. The van der Waals surface area contributed by atoms with Gasteiger partial charge >= 0.3 is 0 Å². The van der Waals surface area contributed by atoms with E-state index in [0.29, 0.717) is 24.4 Å². The molecule has 6 nitrogen and oxygen atoms in total. The van der Waals surface area contributed by atoms with E-state index in [0.717, 1.165) is 48.8 Å². The van der Waals surface area contributed by atoms with E-state index >= 15 is 0 Å². The van der Waals surface area contributed by atoms with E-state index < -0.39 is 0 Å². The molecular formula is C26H34N4O2. The van der Waals surface area contributed by atoms with E-state index in [-0.39, 0.29) is 12.8 Å². The van der Waals surface area contributed by atoms with Crippen LogP contribution >= 0.6 is 0 Å². The van der Waals surface area contributed by atoms with Crippen molar-refractivity contribution >= 4 is 5.95 Å². The molecule has 2 heterocycles. The number of rotatable bonds is 1. The van der Waals surface area contributed by atoms with Gasteiger partial charge in [0.1, 0.15) is 5.76 Å². The predicted molar refractivity (Wildman–Crippen MR) is 128 cm³/mol. The summed E-state index contributed by atoms with van der Waals surface area (Å²) >= 11 is 0. The molecule has 1 N–H and O–H groups in total. The minimum absolute atomic E-state index is 0. The number of allylic oxidation sites excluding steroid dienone is 6. The first-order valence-corrected chi connectivity index (χ1v) is 11.5. The number of nitrogens with one attached hydrogen (secondary N) is 1. The number of fused-ring (bicyclic) bond motifs is 4. The number of likely N-dealkylation sites (N-methyl/N-ethyl adjacent to an activating group) is 1. The third kappa shape index (κ3) is 3.88. The normalized spacial score (nSPS) is 33.1. The number of nitrogens with zero attached hydrogens (tertiary/aromatic N) is 3. The molecule has 1 aromatic heterocycles. The molecule has 6 heteroatoms. The first kappa shape index (κ1) is 21.0. The Kier molecular flexibility index (Phi) is 5.64. The summed E-state index contributed by atoms with van der Waals surface area (Å²) < 4.78 is 11.9. The highest BCUT2D eigenvalue weighted by molar-refractivity contribution is 5.49. The van der Waals surface area contributed by atoms with Gasteiger partial charge in [0, 0.05) is 43.7 Å². The molecule has 32 heavy (non-hydrogen) atoms. The number of methoxy groups -OCH3 is 1. The van der Waals surface area contributed by atoms with Crippen molar-refractivity contribution in [1.82, 2.24) is 14.9 Å². The van der Waals surface area contributed by atoms with Gasteiger partial charge in [0.25, 0.3) is 0 Å². The molecule has 0 radical (unpaired) electrons. The largest absolute Gasteiger partial charge is 0.493 e. The Balaban J connectivity index is 0.00000259. The number of aromatic nitrogens is 2. The van der Waals surface area contributed by atoms with Crippen molar-refractivity contribution in [2.24, 2.45) is 17.8 Å². The summed E-state index contributed by atoms with van der Waals surface area (Å²) in [5, 5.41) is 3.51. The second-order valence-electron chi connectivity index (χ2n) is 9.24. The van der Waals surface area contributed by atoms with Crippen molar-refractivity contribution in [2.45, 2.75) is 25.2 Å². The molecule has 0 spiro atoms. The third-order valence-corrected chi connectivity index (χ3v) is 7.12. The van der Waals surface area contributed by atoms with Gasteiger partial charge in [0.2, 0.25) is 5.95 Å². The van der Waals surface area contributed by atoms with Crippen LogP contribution in [0.25, 0.3) is 0 Å². The Morgan fingerprint density at radius 3 is 3.12 bits per heavy atom. The molecule has 1 aliphatic heterocycles. The Morgan fingerprint density at radius 2 is 2.25 bits per heavy atom. The highest BCUT2D eigenvalue weighted by Crippen LogP contribution is 2.61. The Hall–Kier alpha value is -2.86. The molecule has 4 aliphatic rings. The fourth-order valence-electron chi connectivity index (χ4n) is 5.05. The lowest BCUT2D eigenvalue weighted by Gasteiger charge is -2.30. The van der Waals surface area contributed by atoms with Gasteiger partial charge in [-0.25, -0.2) is 9.97 Å². The number of hydrogen-bond donors (Lipinski definition) is 1. The molecular weight excluding hydrogens is 400 g/mol. The lowest BCUT2D eigenvalue weighted by molar-refractivity contribution is 0.166. The molecule has 4 unspecified atom stereocenters. The highest BCUT2D eigenvalue weighted by Gasteiger charge is 2.60. The summed E-state index contributed by atoms with van der Waals surface area (Å²) in [6.07, 6.45) is 19.0. The molecule has 3 aliphatic carbocycles. The van der Waals surface area contributed by atoms with Crippen LogP contribution in [-0.2, 0) is 14.9 Å². The molecule has 6 bridgehead atoms. The zero-order chi connectivity index (χ0) is 22.1. The molecule has 5 rings (SSSR count). The van der Waals surface area contributed by atoms with E-state index in [1.54, 1.807) is 7.11 Å². The first-order chi connectivity index (χ1) is 15.6. The topological polar surface area (TPSA) is 59.5 Å². The average molecular weight is 435 g/mol. The molecule has 0 aromatic carbocycles. The third-order valence-electron chi connectivity index (χ3n) is 7.12. The zero-order valence-electron chi connectivity index (χ0n) is 19.1. The Morgan fingerprint density at radius 1 is 1.34 bits per heavy atom. The second kappa shape index (κ2) is 8.58. The molecule has 1 saturated carbocycles. The van der Waals surface area contributed by atoms with Crippen molar-refractivity contribution < 1.29 is 10.9 Å². The van der Waals surface area contributed by atoms with Crippen molar-refractivity contribution in [3.05, 3.63) is 77.7 Å². The van der Waals surface area contributed by atoms with Crippen LogP contribution in [0, 0.1) is 17.8 Å². The summed E-state index contributed by atoms with van der Waals surface area (Å²) in [6, 6.07) is 2.03. The molecule has 1 fully saturated rings. The standard InChI is InChI=1S/C26H32N4O2.H2/c1-18-19-8-7-9-21(18)28-25-27-13-11-23(29-25)26-12-10-22(31-3)24(20(26)16-26)32-15-6-4-5-14-30(2)17-19;/h4-5,7-13,18-20H,6,14-17H2,1-3H3,(H,27,28,29);1H/b5-4+;. The van der Waals surface area contributed by atoms with Crippen molar-refractivity contribution in [3.8, 4) is 0 Å². The van der Waals surface area contributed by atoms with Crippen LogP contribution in [0.2, 0.25) is 0 Å². The smallest absolute Gasteiger partial charge is 0.227 e. The summed E-state index contributed by atoms with van der Waals surface area (Å²) in [5.41, 5.74) is 2.06. The summed E-state index contributed by atoms with van der Waals surface area (Å²) in [5.74, 6) is 3.51. The molecule has 170 valence electrons. The van der Waals surface area contributed by atoms with E-state index in [1.165, 1.54) is 0 Å². The van der Waals surface area contributed by atoms with Gasteiger partial charge in [0.15, 0.2) is 5.76 Å². The van der Waals surface area contributed by atoms with Crippen molar-refractivity contribution in [2.75, 3.05) is 39.2 Å². The maximum Gasteiger partial charge on any atom is 0.227 e. The van der Waals surface area contributed by atoms with Gasteiger partial charge in [-0.05, 0) is 44.0 Å². The molecule has 4 atom stereocenters. The van der Waals surface area contributed by atoms with E-state index in [1.807, 2.05) is 18.3 Å². The quantitative estimate of drug-likeness (QED) is 0.660. The lowest BCUT2D eigenvalue weighted by atomic mass is 9.86. The fraction of sp³-hybridized carbons (Fsp3) is 0.462.